The molecule has 105 valence electrons. The molecule has 0 spiro atoms. The summed E-state index contributed by atoms with van der Waals surface area (Å²) in [6.45, 7) is -0.430. The number of aliphatic hydroxyl groups excluding tert-OH is 3. The second-order valence-electron chi connectivity index (χ2n) is 4.58. The van der Waals surface area contributed by atoms with Crippen molar-refractivity contribution >= 4 is 12.7 Å². The fraction of sp³-hybridized carbons (Fsp3) is 0.500. The predicted octanol–water partition coefficient (Wildman–Crippen LogP) is -0.866. The van der Waals surface area contributed by atoms with Gasteiger partial charge in [0.2, 0.25) is 0 Å². The number of hydrogen-bond donors (Lipinski definition) is 3. The van der Waals surface area contributed by atoms with E-state index in [-0.39, 0.29) is 0 Å². The van der Waals surface area contributed by atoms with E-state index in [4.69, 9.17) is 15.4 Å². The molecule has 3 N–H and O–H groups in total. The first-order valence-electron chi connectivity index (χ1n) is 6.24. The van der Waals surface area contributed by atoms with E-state index in [1.807, 2.05) is 30.3 Å². The quantitative estimate of drug-likeness (QED) is 0.287. The van der Waals surface area contributed by atoms with E-state index >= 15 is 0 Å². The summed E-state index contributed by atoms with van der Waals surface area (Å²) in [6, 6.07) is 7.54. The average molecular weight is 276 g/mol. The van der Waals surface area contributed by atoms with Gasteiger partial charge in [-0.25, -0.2) is 0 Å². The Balaban J connectivity index is 2.20. The molecule has 0 aromatic heterocycles. The zero-order chi connectivity index (χ0) is 14.5. The van der Waals surface area contributed by atoms with Crippen LogP contribution < -0.4 is 5.46 Å². The Morgan fingerprint density at radius 2 is 1.95 bits per heavy atom. The molecule has 3 unspecified atom stereocenters. The van der Waals surface area contributed by atoms with Crippen LogP contribution in [0.15, 0.2) is 35.4 Å². The lowest BCUT2D eigenvalue weighted by atomic mass is 9.60. The van der Waals surface area contributed by atoms with Crippen LogP contribution in [0.4, 0.5) is 0 Å². The van der Waals surface area contributed by atoms with Crippen LogP contribution in [0.5, 0.6) is 0 Å². The minimum Gasteiger partial charge on any atom is -0.394 e. The topological polar surface area (TPSA) is 119 Å². The number of nitrogens with zero attached hydrogens (tertiary/aromatic N) is 3. The van der Waals surface area contributed by atoms with Gasteiger partial charge in [0.25, 0.3) is 0 Å². The molecule has 1 radical (unpaired) electrons. The van der Waals surface area contributed by atoms with Crippen LogP contribution in [-0.4, -0.2) is 59.6 Å². The highest BCUT2D eigenvalue weighted by atomic mass is 16.5. The van der Waals surface area contributed by atoms with Crippen molar-refractivity contribution in [1.82, 2.24) is 0 Å². The first-order chi connectivity index (χ1) is 9.67. The minimum atomic E-state index is -1.30. The Labute approximate surface area is 116 Å². The van der Waals surface area contributed by atoms with Gasteiger partial charge >= 0.3 is 0 Å². The summed E-state index contributed by atoms with van der Waals surface area (Å²) in [5.41, 5.74) is 9.41. The lowest BCUT2D eigenvalue weighted by Crippen LogP contribution is -2.60. The number of ether oxygens (including phenoxy) is 1. The molecule has 1 aromatic carbocycles. The summed E-state index contributed by atoms with van der Waals surface area (Å²) >= 11 is 0. The Hall–Kier alpha value is -1.57. The maximum Gasteiger partial charge on any atom is 0.190 e. The van der Waals surface area contributed by atoms with Gasteiger partial charge in [-0.15, -0.1) is 0 Å². The van der Waals surface area contributed by atoms with Gasteiger partial charge in [0.1, 0.15) is 12.2 Å². The Morgan fingerprint density at radius 3 is 2.55 bits per heavy atom. The molecule has 7 nitrogen and oxygen atoms in total. The van der Waals surface area contributed by atoms with E-state index in [9.17, 15) is 10.2 Å². The number of aliphatic hydroxyl groups is 3. The normalized spacial score (nSPS) is 33.2. The third kappa shape index (κ3) is 3.12. The number of rotatable bonds is 4. The zero-order valence-corrected chi connectivity index (χ0v) is 10.6. The Kier molecular flexibility index (Phi) is 5.00. The van der Waals surface area contributed by atoms with Crippen molar-refractivity contribution in [2.24, 2.45) is 5.11 Å². The first-order valence-corrected chi connectivity index (χ1v) is 6.24. The summed E-state index contributed by atoms with van der Waals surface area (Å²) in [5.74, 6) is 0. The van der Waals surface area contributed by atoms with E-state index in [1.165, 1.54) is 0 Å². The van der Waals surface area contributed by atoms with Crippen molar-refractivity contribution in [3.05, 3.63) is 40.8 Å². The fourth-order valence-corrected chi connectivity index (χ4v) is 2.22. The van der Waals surface area contributed by atoms with Gasteiger partial charge in [0.05, 0.1) is 18.8 Å². The average Bonchev–Trinajstić information content (AvgIpc) is 2.47. The summed E-state index contributed by atoms with van der Waals surface area (Å²) in [5, 5.41) is 32.4. The molecule has 0 bridgehead atoms. The maximum absolute atomic E-state index is 9.99. The van der Waals surface area contributed by atoms with Gasteiger partial charge in [-0.3, -0.25) is 0 Å². The highest BCUT2D eigenvalue weighted by Gasteiger charge is 2.43. The summed E-state index contributed by atoms with van der Waals surface area (Å²) in [7, 11) is 1.69. The largest absolute Gasteiger partial charge is 0.394 e. The molecule has 1 aromatic rings. The maximum atomic E-state index is 9.99. The van der Waals surface area contributed by atoms with E-state index in [0.717, 1.165) is 5.46 Å². The van der Waals surface area contributed by atoms with E-state index in [0.29, 0.717) is 0 Å². The lowest BCUT2D eigenvalue weighted by molar-refractivity contribution is -0.168. The SMILES string of the molecule is [N-]=[N+]=NC1C([B]c2ccccc2)OC(CO)[C@H](O)[C@@H]1O. The van der Waals surface area contributed by atoms with Crippen molar-refractivity contribution in [2.45, 2.75) is 30.4 Å². The molecule has 8 heteroatoms. The molecule has 0 aliphatic carbocycles. The minimum absolute atomic E-state index is 0.430. The van der Waals surface area contributed by atoms with Gasteiger partial charge in [-0.2, -0.15) is 0 Å². The van der Waals surface area contributed by atoms with Gasteiger partial charge in [-0.05, 0) is 5.53 Å². The molecule has 2 rings (SSSR count). The van der Waals surface area contributed by atoms with Crippen molar-refractivity contribution in [2.75, 3.05) is 6.61 Å². The lowest BCUT2D eigenvalue weighted by Gasteiger charge is -2.40. The Bertz CT molecular complexity index is 483. The van der Waals surface area contributed by atoms with Crippen LogP contribution in [0.25, 0.3) is 10.4 Å². The third-order valence-corrected chi connectivity index (χ3v) is 3.27. The summed E-state index contributed by atoms with van der Waals surface area (Å²) < 4.78 is 5.51. The summed E-state index contributed by atoms with van der Waals surface area (Å²) in [6.07, 6.45) is -3.50. The molecule has 5 atom stereocenters. The van der Waals surface area contributed by atoms with Crippen LogP contribution in [-0.2, 0) is 4.74 Å². The fourth-order valence-electron chi connectivity index (χ4n) is 2.22. The van der Waals surface area contributed by atoms with Gasteiger partial charge in [0, 0.05) is 10.9 Å². The van der Waals surface area contributed by atoms with Crippen LogP contribution in [0.3, 0.4) is 0 Å². The van der Waals surface area contributed by atoms with E-state index < -0.39 is 37.0 Å². The van der Waals surface area contributed by atoms with Gasteiger partial charge in [-0.1, -0.05) is 40.9 Å². The molecule has 1 fully saturated rings. The molecule has 1 saturated heterocycles. The third-order valence-electron chi connectivity index (χ3n) is 3.27. The second-order valence-corrected chi connectivity index (χ2v) is 4.58. The molecule has 1 aliphatic heterocycles. The number of hydrogen-bond acceptors (Lipinski definition) is 5. The summed E-state index contributed by atoms with van der Waals surface area (Å²) in [4.78, 5) is 2.68. The van der Waals surface area contributed by atoms with Crippen LogP contribution >= 0.6 is 0 Å². The molecule has 0 amide bonds. The number of benzene rings is 1. The molecule has 20 heavy (non-hydrogen) atoms. The number of azide groups is 1. The van der Waals surface area contributed by atoms with Crippen molar-refractivity contribution in [1.29, 1.82) is 0 Å². The van der Waals surface area contributed by atoms with E-state index in [1.54, 1.807) is 7.28 Å². The predicted molar refractivity (Wildman–Crippen MR) is 72.5 cm³/mol. The molecule has 1 aliphatic rings. The molecular formula is C12H15BN3O4. The van der Waals surface area contributed by atoms with Crippen molar-refractivity contribution in [3.63, 3.8) is 0 Å². The van der Waals surface area contributed by atoms with Crippen molar-refractivity contribution < 1.29 is 20.1 Å². The Morgan fingerprint density at radius 1 is 1.25 bits per heavy atom. The molecule has 0 saturated carbocycles. The monoisotopic (exact) mass is 276 g/mol. The second kappa shape index (κ2) is 6.74. The first kappa shape index (κ1) is 14.8. The van der Waals surface area contributed by atoms with E-state index in [2.05, 4.69) is 10.0 Å². The van der Waals surface area contributed by atoms with Crippen molar-refractivity contribution in [3.8, 4) is 0 Å². The zero-order valence-electron chi connectivity index (χ0n) is 10.6. The standard InChI is InChI=1S/C12H15BN3O4/c14-16-15-9-11(19)10(18)8(6-17)20-12(9)13-7-4-2-1-3-5-7/h1-5,8-12,17-19H,6H2/t8?,9?,10-,11+,12?/m0/s1. The van der Waals surface area contributed by atoms with Crippen LogP contribution in [0, 0.1) is 0 Å². The van der Waals surface area contributed by atoms with Gasteiger partial charge < -0.3 is 20.1 Å². The highest BCUT2D eigenvalue weighted by molar-refractivity contribution is 6.55. The molecule has 1 heterocycles. The van der Waals surface area contributed by atoms with Crippen LogP contribution in [0.1, 0.15) is 0 Å². The van der Waals surface area contributed by atoms with Gasteiger partial charge in [0.15, 0.2) is 7.28 Å². The smallest absolute Gasteiger partial charge is 0.190 e. The van der Waals surface area contributed by atoms with Crippen LogP contribution in [0.2, 0.25) is 0 Å². The highest BCUT2D eigenvalue weighted by Crippen LogP contribution is 2.23. The molecular weight excluding hydrogens is 261 g/mol.